The van der Waals surface area contributed by atoms with Gasteiger partial charge in [-0.2, -0.15) is 0 Å². The Hall–Kier alpha value is -2.18. The zero-order chi connectivity index (χ0) is 19.6. The van der Waals surface area contributed by atoms with Crippen molar-refractivity contribution >= 4 is 23.4 Å². The van der Waals surface area contributed by atoms with Crippen LogP contribution >= 0.6 is 11.8 Å². The fourth-order valence-corrected chi connectivity index (χ4v) is 3.35. The fraction of sp³-hybridized carbons (Fsp3) is 0.381. The molecule has 2 N–H and O–H groups in total. The van der Waals surface area contributed by atoms with Crippen LogP contribution in [0, 0.1) is 6.92 Å². The summed E-state index contributed by atoms with van der Waals surface area (Å²) in [6.45, 7) is 4.95. The third-order valence-electron chi connectivity index (χ3n) is 4.06. The van der Waals surface area contributed by atoms with E-state index in [9.17, 15) is 4.79 Å². The molecule has 146 valence electrons. The van der Waals surface area contributed by atoms with Crippen LogP contribution in [0.4, 0.5) is 5.69 Å². The van der Waals surface area contributed by atoms with Crippen molar-refractivity contribution in [1.29, 1.82) is 0 Å². The van der Waals surface area contributed by atoms with Crippen molar-refractivity contribution < 1.29 is 14.3 Å². The van der Waals surface area contributed by atoms with Gasteiger partial charge in [-0.05, 0) is 38.1 Å². The summed E-state index contributed by atoms with van der Waals surface area (Å²) in [7, 11) is 3.16. The minimum absolute atomic E-state index is 0.0512. The second-order valence-corrected chi connectivity index (χ2v) is 7.50. The fourth-order valence-electron chi connectivity index (χ4n) is 2.56. The first kappa shape index (κ1) is 21.1. The van der Waals surface area contributed by atoms with Crippen LogP contribution in [0.2, 0.25) is 0 Å². The van der Waals surface area contributed by atoms with Crippen molar-refractivity contribution in [3.63, 3.8) is 0 Å². The molecule has 0 aliphatic rings. The first-order chi connectivity index (χ1) is 13.0. The Labute approximate surface area is 165 Å². The van der Waals surface area contributed by atoms with Gasteiger partial charge in [-0.15, -0.1) is 11.8 Å². The number of hydrogen-bond acceptors (Lipinski definition) is 5. The summed E-state index contributed by atoms with van der Waals surface area (Å²) >= 11 is 1.81. The van der Waals surface area contributed by atoms with E-state index in [0.717, 1.165) is 12.3 Å². The number of carbonyl (C=O) groups excluding carboxylic acids is 1. The number of rotatable bonds is 10. The SMILES string of the molecule is COc1ccc(NC(=O)CC(C)NCCSc2ccc(C)cc2)c(OC)c1. The zero-order valence-electron chi connectivity index (χ0n) is 16.4. The standard InChI is InChI=1S/C21H28N2O3S/c1-15-5-8-18(9-6-15)27-12-11-22-16(2)13-21(24)23-19-10-7-17(25-3)14-20(19)26-4/h5-10,14,16,22H,11-13H2,1-4H3,(H,23,24). The highest BCUT2D eigenvalue weighted by atomic mass is 32.2. The van der Waals surface area contributed by atoms with Crippen molar-refractivity contribution in [2.45, 2.75) is 31.2 Å². The summed E-state index contributed by atoms with van der Waals surface area (Å²) in [6.07, 6.45) is 0.393. The molecule has 0 bridgehead atoms. The van der Waals surface area contributed by atoms with E-state index in [1.54, 1.807) is 32.4 Å². The molecule has 0 aliphatic heterocycles. The Morgan fingerprint density at radius 2 is 1.85 bits per heavy atom. The van der Waals surface area contributed by atoms with Gasteiger partial charge in [0.25, 0.3) is 0 Å². The molecule has 1 unspecified atom stereocenters. The summed E-state index contributed by atoms with van der Waals surface area (Å²) < 4.78 is 10.5. The predicted octanol–water partition coefficient (Wildman–Crippen LogP) is 4.11. The average molecular weight is 389 g/mol. The molecule has 0 radical (unpaired) electrons. The van der Waals surface area contributed by atoms with E-state index >= 15 is 0 Å². The van der Waals surface area contributed by atoms with Crippen molar-refractivity contribution in [1.82, 2.24) is 5.32 Å². The van der Waals surface area contributed by atoms with Crippen LogP contribution in [0.5, 0.6) is 11.5 Å². The smallest absolute Gasteiger partial charge is 0.226 e. The highest BCUT2D eigenvalue weighted by molar-refractivity contribution is 7.99. The Morgan fingerprint density at radius 3 is 2.52 bits per heavy atom. The van der Waals surface area contributed by atoms with Gasteiger partial charge in [0.05, 0.1) is 19.9 Å². The number of amides is 1. The van der Waals surface area contributed by atoms with Gasteiger partial charge in [0.1, 0.15) is 11.5 Å². The number of nitrogens with one attached hydrogen (secondary N) is 2. The molecule has 27 heavy (non-hydrogen) atoms. The molecule has 2 rings (SSSR count). The second kappa shape index (κ2) is 10.8. The van der Waals surface area contributed by atoms with Crippen molar-refractivity contribution in [2.75, 3.05) is 31.8 Å². The average Bonchev–Trinajstić information content (AvgIpc) is 2.66. The summed E-state index contributed by atoms with van der Waals surface area (Å²) in [6, 6.07) is 13.9. The molecule has 6 heteroatoms. The van der Waals surface area contributed by atoms with E-state index in [-0.39, 0.29) is 11.9 Å². The quantitative estimate of drug-likeness (QED) is 0.474. The van der Waals surface area contributed by atoms with Gasteiger partial charge in [-0.25, -0.2) is 0 Å². The van der Waals surface area contributed by atoms with Crippen LogP contribution in [0.3, 0.4) is 0 Å². The summed E-state index contributed by atoms with van der Waals surface area (Å²) in [5.74, 6) is 2.18. The van der Waals surface area contributed by atoms with Gasteiger partial charge in [0.15, 0.2) is 0 Å². The van der Waals surface area contributed by atoms with Crippen LogP contribution in [0.25, 0.3) is 0 Å². The number of anilines is 1. The molecule has 0 spiro atoms. The van der Waals surface area contributed by atoms with Gasteiger partial charge in [-0.3, -0.25) is 4.79 Å². The maximum atomic E-state index is 12.3. The lowest BCUT2D eigenvalue weighted by molar-refractivity contribution is -0.116. The summed E-state index contributed by atoms with van der Waals surface area (Å²) in [4.78, 5) is 13.6. The van der Waals surface area contributed by atoms with E-state index < -0.39 is 0 Å². The number of ether oxygens (including phenoxy) is 2. The zero-order valence-corrected chi connectivity index (χ0v) is 17.2. The van der Waals surface area contributed by atoms with Gasteiger partial charge in [0, 0.05) is 35.7 Å². The van der Waals surface area contributed by atoms with Crippen LogP contribution in [-0.4, -0.2) is 38.5 Å². The molecular formula is C21H28N2O3S. The maximum absolute atomic E-state index is 12.3. The van der Waals surface area contributed by atoms with Gasteiger partial charge < -0.3 is 20.1 Å². The third kappa shape index (κ3) is 7.15. The number of methoxy groups -OCH3 is 2. The second-order valence-electron chi connectivity index (χ2n) is 6.34. The number of hydrogen-bond donors (Lipinski definition) is 2. The van der Waals surface area contributed by atoms with Crippen LogP contribution in [0.1, 0.15) is 18.9 Å². The van der Waals surface area contributed by atoms with Gasteiger partial charge >= 0.3 is 0 Å². The van der Waals surface area contributed by atoms with E-state index in [1.165, 1.54) is 10.5 Å². The van der Waals surface area contributed by atoms with Gasteiger partial charge in [-0.1, -0.05) is 17.7 Å². The first-order valence-electron chi connectivity index (χ1n) is 8.96. The lowest BCUT2D eigenvalue weighted by atomic mass is 10.2. The Kier molecular flexibility index (Phi) is 8.48. The van der Waals surface area contributed by atoms with Crippen LogP contribution in [0.15, 0.2) is 47.4 Å². The predicted molar refractivity (Wildman–Crippen MR) is 112 cm³/mol. The minimum Gasteiger partial charge on any atom is -0.497 e. The molecule has 0 aliphatic carbocycles. The van der Waals surface area contributed by atoms with E-state index in [4.69, 9.17) is 9.47 Å². The first-order valence-corrected chi connectivity index (χ1v) is 9.95. The lowest BCUT2D eigenvalue weighted by Crippen LogP contribution is -2.32. The van der Waals surface area contributed by atoms with Crippen molar-refractivity contribution in [3.05, 3.63) is 48.0 Å². The topological polar surface area (TPSA) is 59.6 Å². The number of benzene rings is 2. The Bertz CT molecular complexity index is 735. The molecular weight excluding hydrogens is 360 g/mol. The monoisotopic (exact) mass is 388 g/mol. The molecule has 0 aromatic heterocycles. The summed E-state index contributed by atoms with van der Waals surface area (Å²) in [5, 5.41) is 6.30. The Balaban J connectivity index is 1.72. The van der Waals surface area contributed by atoms with E-state index in [1.807, 2.05) is 18.7 Å². The highest BCUT2D eigenvalue weighted by Gasteiger charge is 2.12. The van der Waals surface area contributed by atoms with Crippen LogP contribution < -0.4 is 20.1 Å². The van der Waals surface area contributed by atoms with Crippen molar-refractivity contribution in [2.24, 2.45) is 0 Å². The number of thioether (sulfide) groups is 1. The van der Waals surface area contributed by atoms with E-state index in [0.29, 0.717) is 23.6 Å². The summed E-state index contributed by atoms with van der Waals surface area (Å²) in [5.41, 5.74) is 1.91. The molecule has 0 saturated heterocycles. The molecule has 0 heterocycles. The highest BCUT2D eigenvalue weighted by Crippen LogP contribution is 2.29. The number of aryl methyl sites for hydroxylation is 1. The minimum atomic E-state index is -0.0512. The molecule has 5 nitrogen and oxygen atoms in total. The molecule has 1 amide bonds. The Morgan fingerprint density at radius 1 is 1.11 bits per heavy atom. The molecule has 0 saturated carbocycles. The third-order valence-corrected chi connectivity index (χ3v) is 5.07. The molecule has 1 atom stereocenters. The van der Waals surface area contributed by atoms with E-state index in [2.05, 4.69) is 41.8 Å². The normalized spacial score (nSPS) is 11.7. The van der Waals surface area contributed by atoms with Crippen molar-refractivity contribution in [3.8, 4) is 11.5 Å². The largest absolute Gasteiger partial charge is 0.497 e. The van der Waals surface area contributed by atoms with Gasteiger partial charge in [0.2, 0.25) is 5.91 Å². The lowest BCUT2D eigenvalue weighted by Gasteiger charge is -2.15. The maximum Gasteiger partial charge on any atom is 0.226 e. The molecule has 2 aromatic rings. The number of carbonyl (C=O) groups is 1. The molecule has 2 aromatic carbocycles. The van der Waals surface area contributed by atoms with Crippen LogP contribution in [-0.2, 0) is 4.79 Å². The molecule has 0 fully saturated rings.